The fourth-order valence-corrected chi connectivity index (χ4v) is 1.86. The molecule has 0 aliphatic rings. The number of hydrogen-bond acceptors (Lipinski definition) is 5. The van der Waals surface area contributed by atoms with E-state index in [0.29, 0.717) is 0 Å². The van der Waals surface area contributed by atoms with Crippen LogP contribution in [0.5, 0.6) is 0 Å². The van der Waals surface area contributed by atoms with Crippen molar-refractivity contribution in [2.24, 2.45) is 5.92 Å². The molecule has 0 saturated heterocycles. The van der Waals surface area contributed by atoms with E-state index in [1.165, 1.54) is 12.1 Å². The molecule has 0 aliphatic heterocycles. The zero-order valence-electron chi connectivity index (χ0n) is 13.5. The molecule has 9 heteroatoms. The van der Waals surface area contributed by atoms with Crippen molar-refractivity contribution in [2.75, 3.05) is 12.5 Å². The minimum Gasteiger partial charge on any atom is -0.466 e. The summed E-state index contributed by atoms with van der Waals surface area (Å²) >= 11 is 0. The molecule has 1 amide bonds. The van der Waals surface area contributed by atoms with Gasteiger partial charge in [-0.2, -0.15) is 18.6 Å². The van der Waals surface area contributed by atoms with E-state index >= 15 is 0 Å². The molecule has 0 heterocycles. The summed E-state index contributed by atoms with van der Waals surface area (Å²) < 4.78 is 45.0. The number of para-hydroxylation sites is 1. The van der Waals surface area contributed by atoms with Gasteiger partial charge in [0.2, 0.25) is 5.91 Å². The Bertz CT molecular complexity index is 564. The van der Waals surface area contributed by atoms with Crippen LogP contribution in [0.3, 0.4) is 0 Å². The van der Waals surface area contributed by atoms with Crippen molar-refractivity contribution in [3.8, 4) is 0 Å². The smallest absolute Gasteiger partial charge is 0.438 e. The van der Waals surface area contributed by atoms with Crippen molar-refractivity contribution in [1.82, 2.24) is 10.7 Å². The average Bonchev–Trinajstić information content (AvgIpc) is 2.49. The lowest BCUT2D eigenvalue weighted by Crippen LogP contribution is -2.73. The quantitative estimate of drug-likeness (QED) is 0.400. The van der Waals surface area contributed by atoms with Gasteiger partial charge in [0.15, 0.2) is 0 Å². The van der Waals surface area contributed by atoms with Gasteiger partial charge in [0.05, 0.1) is 7.11 Å². The molecule has 1 rings (SSSR count). The Kier molecular flexibility index (Phi) is 6.59. The largest absolute Gasteiger partial charge is 0.466 e. The monoisotopic (exact) mass is 347 g/mol. The average molecular weight is 347 g/mol. The van der Waals surface area contributed by atoms with Crippen molar-refractivity contribution in [3.63, 3.8) is 0 Å². The summed E-state index contributed by atoms with van der Waals surface area (Å²) in [4.78, 5) is 23.7. The first-order chi connectivity index (χ1) is 11.1. The predicted molar refractivity (Wildman–Crippen MR) is 81.6 cm³/mol. The number of carbonyl (C=O) groups is 2. The van der Waals surface area contributed by atoms with E-state index in [9.17, 15) is 22.8 Å². The maximum Gasteiger partial charge on any atom is 0.438 e. The van der Waals surface area contributed by atoms with Crippen molar-refractivity contribution in [3.05, 3.63) is 30.3 Å². The third-order valence-electron chi connectivity index (χ3n) is 3.01. The Hall–Kier alpha value is -2.29. The zero-order valence-corrected chi connectivity index (χ0v) is 13.5. The normalized spacial score (nSPS) is 14.0. The van der Waals surface area contributed by atoms with Gasteiger partial charge in [-0.3, -0.25) is 4.79 Å². The fraction of sp³-hybridized carbons (Fsp3) is 0.467. The zero-order chi connectivity index (χ0) is 18.4. The second kappa shape index (κ2) is 8.00. The summed E-state index contributed by atoms with van der Waals surface area (Å²) in [5, 5.41) is 1.71. The van der Waals surface area contributed by atoms with Crippen LogP contribution in [-0.4, -0.2) is 30.8 Å². The van der Waals surface area contributed by atoms with Crippen molar-refractivity contribution < 1.29 is 27.5 Å². The lowest BCUT2D eigenvalue weighted by atomic mass is 10.1. The molecule has 1 aromatic carbocycles. The number of anilines is 1. The molecular formula is C15H20F3N3O3. The minimum atomic E-state index is -5.14. The van der Waals surface area contributed by atoms with E-state index in [0.717, 1.165) is 7.11 Å². The van der Waals surface area contributed by atoms with Crippen LogP contribution in [0.15, 0.2) is 30.3 Å². The summed E-state index contributed by atoms with van der Waals surface area (Å²) in [7, 11) is 0.807. The molecular weight excluding hydrogens is 327 g/mol. The molecule has 0 radical (unpaired) electrons. The van der Waals surface area contributed by atoms with Crippen molar-refractivity contribution in [1.29, 1.82) is 0 Å². The number of halogens is 3. The van der Waals surface area contributed by atoms with Gasteiger partial charge in [0, 0.05) is 12.1 Å². The Morgan fingerprint density at radius 3 is 2.21 bits per heavy atom. The summed E-state index contributed by atoms with van der Waals surface area (Å²) in [6.45, 7) is 3.34. The number of methoxy groups -OCH3 is 1. The van der Waals surface area contributed by atoms with Gasteiger partial charge in [-0.15, -0.1) is 0 Å². The number of carbonyl (C=O) groups excluding carboxylic acids is 2. The number of amides is 1. The minimum absolute atomic E-state index is 0.179. The van der Waals surface area contributed by atoms with E-state index in [1.54, 1.807) is 37.4 Å². The van der Waals surface area contributed by atoms with Crippen LogP contribution in [0.1, 0.15) is 20.3 Å². The van der Waals surface area contributed by atoms with E-state index in [4.69, 9.17) is 0 Å². The SMILES string of the molecule is COC(=O)[C@@](NNc1ccccc1)(NC(=O)CC(C)C)C(F)(F)F. The van der Waals surface area contributed by atoms with Crippen LogP contribution in [0.25, 0.3) is 0 Å². The van der Waals surface area contributed by atoms with E-state index < -0.39 is 23.7 Å². The highest BCUT2D eigenvalue weighted by Gasteiger charge is 2.63. The predicted octanol–water partition coefficient (Wildman–Crippen LogP) is 2.20. The van der Waals surface area contributed by atoms with Crippen molar-refractivity contribution >= 4 is 17.6 Å². The third-order valence-corrected chi connectivity index (χ3v) is 3.01. The number of ether oxygens (including phenoxy) is 1. The number of hydrazine groups is 1. The first-order valence-corrected chi connectivity index (χ1v) is 7.16. The van der Waals surface area contributed by atoms with Crippen LogP contribution in [0.4, 0.5) is 18.9 Å². The van der Waals surface area contributed by atoms with Crippen LogP contribution in [-0.2, 0) is 14.3 Å². The number of esters is 1. The van der Waals surface area contributed by atoms with Gasteiger partial charge in [-0.25, -0.2) is 4.79 Å². The van der Waals surface area contributed by atoms with Gasteiger partial charge in [-0.1, -0.05) is 32.0 Å². The van der Waals surface area contributed by atoms with Crippen molar-refractivity contribution in [2.45, 2.75) is 32.1 Å². The molecule has 1 atom stereocenters. The highest BCUT2D eigenvalue weighted by Crippen LogP contribution is 2.30. The number of rotatable bonds is 7. The number of alkyl halides is 3. The van der Waals surface area contributed by atoms with Crippen LogP contribution < -0.4 is 16.2 Å². The molecule has 0 aliphatic carbocycles. The van der Waals surface area contributed by atoms with Gasteiger partial charge in [0.25, 0.3) is 0 Å². The highest BCUT2D eigenvalue weighted by atomic mass is 19.4. The second-order valence-corrected chi connectivity index (χ2v) is 5.50. The standard InChI is InChI=1S/C15H20F3N3O3/c1-10(2)9-12(22)19-14(13(23)24-3,15(16,17)18)21-20-11-7-5-4-6-8-11/h4-8,10,20-21H,9H2,1-3H3,(H,19,22)/t14-/m0/s1. The summed E-state index contributed by atoms with van der Waals surface area (Å²) in [6, 6.07) is 7.83. The Morgan fingerprint density at radius 1 is 1.17 bits per heavy atom. The van der Waals surface area contributed by atoms with Gasteiger partial charge < -0.3 is 15.5 Å². The Labute approximate surface area is 137 Å². The maximum absolute atomic E-state index is 13.6. The lowest BCUT2D eigenvalue weighted by Gasteiger charge is -2.34. The molecule has 0 unspecified atom stereocenters. The third kappa shape index (κ3) is 4.85. The molecule has 134 valence electrons. The Balaban J connectivity index is 3.11. The van der Waals surface area contributed by atoms with E-state index in [1.807, 2.05) is 5.43 Å². The molecule has 6 nitrogen and oxygen atoms in total. The van der Waals surface area contributed by atoms with E-state index in [2.05, 4.69) is 10.2 Å². The number of nitrogens with one attached hydrogen (secondary N) is 3. The summed E-state index contributed by atoms with van der Waals surface area (Å²) in [6.07, 6.45) is -5.32. The molecule has 24 heavy (non-hydrogen) atoms. The van der Waals surface area contributed by atoms with Gasteiger partial charge >= 0.3 is 17.8 Å². The summed E-state index contributed by atoms with van der Waals surface area (Å²) in [5.41, 5.74) is 1.00. The highest BCUT2D eigenvalue weighted by molar-refractivity contribution is 5.88. The van der Waals surface area contributed by atoms with Gasteiger partial charge in [-0.05, 0) is 18.1 Å². The first kappa shape index (κ1) is 19.8. The first-order valence-electron chi connectivity index (χ1n) is 7.16. The number of hydrogen-bond donors (Lipinski definition) is 3. The topological polar surface area (TPSA) is 79.5 Å². The lowest BCUT2D eigenvalue weighted by molar-refractivity contribution is -0.219. The fourth-order valence-electron chi connectivity index (χ4n) is 1.86. The van der Waals surface area contributed by atoms with Crippen LogP contribution in [0.2, 0.25) is 0 Å². The molecule has 0 saturated carbocycles. The molecule has 0 aromatic heterocycles. The van der Waals surface area contributed by atoms with Gasteiger partial charge in [0.1, 0.15) is 0 Å². The second-order valence-electron chi connectivity index (χ2n) is 5.50. The molecule has 1 aromatic rings. The molecule has 3 N–H and O–H groups in total. The molecule has 0 fully saturated rings. The number of benzene rings is 1. The molecule has 0 spiro atoms. The maximum atomic E-state index is 13.6. The summed E-state index contributed by atoms with van der Waals surface area (Å²) in [5.74, 6) is -2.80. The van der Waals surface area contributed by atoms with E-state index in [-0.39, 0.29) is 18.0 Å². The molecule has 0 bridgehead atoms. The van der Waals surface area contributed by atoms with Crippen LogP contribution in [0, 0.1) is 5.92 Å². The Morgan fingerprint density at radius 2 is 1.75 bits per heavy atom. The van der Waals surface area contributed by atoms with Crippen LogP contribution >= 0.6 is 0 Å².